The van der Waals surface area contributed by atoms with Crippen molar-refractivity contribution in [3.8, 4) is 0 Å². The van der Waals surface area contributed by atoms with Crippen LogP contribution in [-0.2, 0) is 4.79 Å². The van der Waals surface area contributed by atoms with Crippen molar-refractivity contribution < 1.29 is 9.90 Å². The Labute approximate surface area is 98.0 Å². The number of nitrogens with zero attached hydrogens (tertiary/aromatic N) is 1. The van der Waals surface area contributed by atoms with Gasteiger partial charge in [0.1, 0.15) is 0 Å². The minimum atomic E-state index is -0.337. The highest BCUT2D eigenvalue weighted by Gasteiger charge is 2.17. The average molecular weight is 228 g/mol. The molecule has 1 aliphatic heterocycles. The van der Waals surface area contributed by atoms with Crippen molar-refractivity contribution in [1.82, 2.24) is 10.2 Å². The molecule has 16 heavy (non-hydrogen) atoms. The van der Waals surface area contributed by atoms with E-state index in [9.17, 15) is 4.79 Å². The van der Waals surface area contributed by atoms with E-state index in [1.807, 2.05) is 0 Å². The summed E-state index contributed by atoms with van der Waals surface area (Å²) in [5.41, 5.74) is 0. The first-order chi connectivity index (χ1) is 7.58. The predicted molar refractivity (Wildman–Crippen MR) is 64.1 cm³/mol. The lowest BCUT2D eigenvalue weighted by molar-refractivity contribution is -0.122. The van der Waals surface area contributed by atoms with Gasteiger partial charge in [0.05, 0.1) is 12.6 Å². The number of aliphatic hydroxyl groups excluding tert-OH is 1. The van der Waals surface area contributed by atoms with Crippen LogP contribution in [0.15, 0.2) is 0 Å². The van der Waals surface area contributed by atoms with Crippen LogP contribution in [0.1, 0.15) is 33.1 Å². The number of carbonyl (C=O) groups is 1. The van der Waals surface area contributed by atoms with Crippen LogP contribution >= 0.6 is 0 Å². The zero-order chi connectivity index (χ0) is 12.0. The molecular formula is C12H24N2O2. The molecule has 1 atom stereocenters. The van der Waals surface area contributed by atoms with E-state index >= 15 is 0 Å². The van der Waals surface area contributed by atoms with Crippen LogP contribution in [0, 0.1) is 5.92 Å². The van der Waals surface area contributed by atoms with Gasteiger partial charge in [0.25, 0.3) is 0 Å². The normalized spacial score (nSPS) is 20.7. The summed E-state index contributed by atoms with van der Waals surface area (Å²) in [5, 5.41) is 11.9. The van der Waals surface area contributed by atoms with Gasteiger partial charge in [-0.2, -0.15) is 0 Å². The number of carbonyl (C=O) groups excluding carboxylic acids is 1. The number of nitrogens with one attached hydrogen (secondary N) is 1. The van der Waals surface area contributed by atoms with Gasteiger partial charge in [0.2, 0.25) is 5.91 Å². The zero-order valence-electron chi connectivity index (χ0n) is 10.4. The molecule has 0 aliphatic carbocycles. The van der Waals surface area contributed by atoms with Gasteiger partial charge in [-0.05, 0) is 45.2 Å². The highest BCUT2D eigenvalue weighted by atomic mass is 16.3. The van der Waals surface area contributed by atoms with Gasteiger partial charge in [0, 0.05) is 6.54 Å². The molecule has 1 amide bonds. The Morgan fingerprint density at radius 2 is 2.12 bits per heavy atom. The SMILES string of the molecule is CC(O)CCNC(=O)CN1CCC(C)CC1. The van der Waals surface area contributed by atoms with Gasteiger partial charge in [0.15, 0.2) is 0 Å². The summed E-state index contributed by atoms with van der Waals surface area (Å²) in [5.74, 6) is 0.879. The van der Waals surface area contributed by atoms with Gasteiger partial charge in [-0.1, -0.05) is 6.92 Å². The molecule has 0 saturated carbocycles. The summed E-state index contributed by atoms with van der Waals surface area (Å²) >= 11 is 0. The van der Waals surface area contributed by atoms with Crippen LogP contribution in [0.3, 0.4) is 0 Å². The maximum atomic E-state index is 11.5. The fraction of sp³-hybridized carbons (Fsp3) is 0.917. The quantitative estimate of drug-likeness (QED) is 0.725. The Bertz CT molecular complexity index is 211. The lowest BCUT2D eigenvalue weighted by Gasteiger charge is -2.29. The van der Waals surface area contributed by atoms with Crippen molar-refractivity contribution in [3.05, 3.63) is 0 Å². The molecule has 1 saturated heterocycles. The van der Waals surface area contributed by atoms with Gasteiger partial charge in [-0.25, -0.2) is 0 Å². The van der Waals surface area contributed by atoms with Crippen LogP contribution in [0.4, 0.5) is 0 Å². The Morgan fingerprint density at radius 3 is 2.69 bits per heavy atom. The lowest BCUT2D eigenvalue weighted by atomic mass is 9.99. The van der Waals surface area contributed by atoms with Crippen molar-refractivity contribution in [2.45, 2.75) is 39.2 Å². The number of amides is 1. The molecule has 4 heteroatoms. The highest BCUT2D eigenvalue weighted by Crippen LogP contribution is 2.15. The maximum Gasteiger partial charge on any atom is 0.234 e. The van der Waals surface area contributed by atoms with Crippen LogP contribution < -0.4 is 5.32 Å². The number of rotatable bonds is 5. The average Bonchev–Trinajstić information content (AvgIpc) is 2.21. The van der Waals surface area contributed by atoms with Crippen molar-refractivity contribution in [3.63, 3.8) is 0 Å². The number of aliphatic hydroxyl groups is 1. The molecule has 0 radical (unpaired) electrons. The van der Waals surface area contributed by atoms with E-state index in [-0.39, 0.29) is 12.0 Å². The van der Waals surface area contributed by atoms with E-state index in [4.69, 9.17) is 5.11 Å². The van der Waals surface area contributed by atoms with Crippen molar-refractivity contribution in [2.75, 3.05) is 26.2 Å². The maximum absolute atomic E-state index is 11.5. The molecule has 2 N–H and O–H groups in total. The van der Waals surface area contributed by atoms with E-state index in [0.717, 1.165) is 19.0 Å². The van der Waals surface area contributed by atoms with E-state index in [2.05, 4.69) is 17.1 Å². The monoisotopic (exact) mass is 228 g/mol. The summed E-state index contributed by atoms with van der Waals surface area (Å²) in [7, 11) is 0. The Kier molecular flexibility index (Phi) is 5.77. The number of hydrogen-bond acceptors (Lipinski definition) is 3. The van der Waals surface area contributed by atoms with Gasteiger partial charge >= 0.3 is 0 Å². The largest absolute Gasteiger partial charge is 0.393 e. The highest BCUT2D eigenvalue weighted by molar-refractivity contribution is 5.77. The van der Waals surface area contributed by atoms with Crippen LogP contribution in [-0.4, -0.2) is 48.2 Å². The second kappa shape index (κ2) is 6.86. The molecule has 1 fully saturated rings. The molecule has 4 nitrogen and oxygen atoms in total. The minimum Gasteiger partial charge on any atom is -0.393 e. The minimum absolute atomic E-state index is 0.0789. The fourth-order valence-corrected chi connectivity index (χ4v) is 1.90. The predicted octanol–water partition coefficient (Wildman–Crippen LogP) is 0.605. The molecule has 1 rings (SSSR count). The molecular weight excluding hydrogens is 204 g/mol. The van der Waals surface area contributed by atoms with E-state index in [1.54, 1.807) is 6.92 Å². The Morgan fingerprint density at radius 1 is 1.50 bits per heavy atom. The molecule has 1 unspecified atom stereocenters. The second-order valence-corrected chi connectivity index (χ2v) is 4.95. The third-order valence-corrected chi connectivity index (χ3v) is 3.13. The van der Waals surface area contributed by atoms with Crippen LogP contribution in [0.25, 0.3) is 0 Å². The first kappa shape index (κ1) is 13.5. The molecule has 94 valence electrons. The lowest BCUT2D eigenvalue weighted by Crippen LogP contribution is -2.41. The molecule has 0 bridgehead atoms. The smallest absolute Gasteiger partial charge is 0.234 e. The summed E-state index contributed by atoms with van der Waals surface area (Å²) in [6.07, 6.45) is 2.68. The Balaban J connectivity index is 2.09. The standard InChI is InChI=1S/C12H24N2O2/c1-10-4-7-14(8-5-10)9-12(16)13-6-3-11(2)15/h10-11,15H,3-9H2,1-2H3,(H,13,16). The Hall–Kier alpha value is -0.610. The number of likely N-dealkylation sites (tertiary alicyclic amines) is 1. The van der Waals surface area contributed by atoms with E-state index < -0.39 is 0 Å². The number of piperidine rings is 1. The first-order valence-corrected chi connectivity index (χ1v) is 6.25. The summed E-state index contributed by atoms with van der Waals surface area (Å²) in [6, 6.07) is 0. The number of hydrogen-bond donors (Lipinski definition) is 2. The molecule has 1 heterocycles. The molecule has 1 aliphatic rings. The molecule has 0 aromatic heterocycles. The summed E-state index contributed by atoms with van der Waals surface area (Å²) in [6.45, 7) is 7.14. The van der Waals surface area contributed by atoms with Crippen LogP contribution in [0.2, 0.25) is 0 Å². The van der Waals surface area contributed by atoms with Gasteiger partial charge in [-0.3, -0.25) is 9.69 Å². The molecule has 0 spiro atoms. The van der Waals surface area contributed by atoms with Crippen LogP contribution in [0.5, 0.6) is 0 Å². The summed E-state index contributed by atoms with van der Waals surface area (Å²) < 4.78 is 0. The fourth-order valence-electron chi connectivity index (χ4n) is 1.90. The van der Waals surface area contributed by atoms with Gasteiger partial charge < -0.3 is 10.4 Å². The van der Waals surface area contributed by atoms with E-state index in [0.29, 0.717) is 19.5 Å². The topological polar surface area (TPSA) is 52.6 Å². The summed E-state index contributed by atoms with van der Waals surface area (Å²) in [4.78, 5) is 13.7. The van der Waals surface area contributed by atoms with Crippen molar-refractivity contribution >= 4 is 5.91 Å². The third kappa shape index (κ3) is 5.47. The zero-order valence-corrected chi connectivity index (χ0v) is 10.4. The molecule has 0 aromatic rings. The van der Waals surface area contributed by atoms with Crippen molar-refractivity contribution in [1.29, 1.82) is 0 Å². The molecule has 0 aromatic carbocycles. The second-order valence-electron chi connectivity index (χ2n) is 4.95. The van der Waals surface area contributed by atoms with Crippen molar-refractivity contribution in [2.24, 2.45) is 5.92 Å². The van der Waals surface area contributed by atoms with Gasteiger partial charge in [-0.15, -0.1) is 0 Å². The first-order valence-electron chi connectivity index (χ1n) is 6.25. The third-order valence-electron chi connectivity index (χ3n) is 3.13. The van der Waals surface area contributed by atoms with E-state index in [1.165, 1.54) is 12.8 Å².